The minimum Gasteiger partial charge on any atom is -0.475 e. The largest absolute Gasteiger partial charge is 0.475 e. The molecular formula is C16H17ClN2O2. The molecule has 1 fully saturated rings. The van der Waals surface area contributed by atoms with Gasteiger partial charge in [-0.2, -0.15) is 0 Å². The van der Waals surface area contributed by atoms with E-state index in [1.54, 1.807) is 6.20 Å². The molecule has 0 N–H and O–H groups in total. The predicted molar refractivity (Wildman–Crippen MR) is 81.6 cm³/mol. The van der Waals surface area contributed by atoms with Gasteiger partial charge in [0.05, 0.1) is 11.1 Å². The first-order chi connectivity index (χ1) is 10.3. The van der Waals surface area contributed by atoms with Crippen molar-refractivity contribution in [1.29, 1.82) is 0 Å². The van der Waals surface area contributed by atoms with E-state index >= 15 is 0 Å². The number of benzene rings is 1. The Kier molecular flexibility index (Phi) is 3.45. The van der Waals surface area contributed by atoms with Crippen molar-refractivity contribution in [2.45, 2.75) is 25.5 Å². The summed E-state index contributed by atoms with van der Waals surface area (Å²) in [5.41, 5.74) is 1.97. The Labute approximate surface area is 128 Å². The smallest absolute Gasteiger partial charge is 0.152 e. The molecule has 2 aromatic rings. The number of ether oxygens (including phenoxy) is 2. The Morgan fingerprint density at radius 1 is 1.43 bits per heavy atom. The summed E-state index contributed by atoms with van der Waals surface area (Å²) in [4.78, 5) is 6.70. The number of pyridine rings is 1. The van der Waals surface area contributed by atoms with Crippen LogP contribution in [0.25, 0.3) is 10.9 Å². The molecule has 0 bridgehead atoms. The van der Waals surface area contributed by atoms with Gasteiger partial charge >= 0.3 is 0 Å². The van der Waals surface area contributed by atoms with Gasteiger partial charge in [-0.25, -0.2) is 0 Å². The van der Waals surface area contributed by atoms with E-state index in [0.29, 0.717) is 12.8 Å². The van der Waals surface area contributed by atoms with Gasteiger partial charge in [-0.15, -0.1) is 0 Å². The molecule has 4 nitrogen and oxygen atoms in total. The van der Waals surface area contributed by atoms with Crippen molar-refractivity contribution >= 4 is 22.5 Å². The molecule has 0 spiro atoms. The number of hydrogen-bond acceptors (Lipinski definition) is 4. The molecule has 0 saturated carbocycles. The number of aromatic nitrogens is 1. The molecule has 0 unspecified atom stereocenters. The van der Waals surface area contributed by atoms with Crippen molar-refractivity contribution in [2.75, 3.05) is 19.9 Å². The van der Waals surface area contributed by atoms with Crippen LogP contribution in [-0.2, 0) is 11.3 Å². The van der Waals surface area contributed by atoms with Crippen molar-refractivity contribution in [2.24, 2.45) is 0 Å². The molecular weight excluding hydrogens is 288 g/mol. The Morgan fingerprint density at radius 2 is 2.38 bits per heavy atom. The van der Waals surface area contributed by atoms with Crippen LogP contribution < -0.4 is 4.74 Å². The van der Waals surface area contributed by atoms with Crippen LogP contribution in [0.1, 0.15) is 18.4 Å². The van der Waals surface area contributed by atoms with Gasteiger partial charge < -0.3 is 9.47 Å². The molecule has 1 saturated heterocycles. The molecule has 0 amide bonds. The lowest BCUT2D eigenvalue weighted by Gasteiger charge is -2.31. The van der Waals surface area contributed by atoms with Gasteiger partial charge in [-0.1, -0.05) is 11.6 Å². The first-order valence-electron chi connectivity index (χ1n) is 7.34. The summed E-state index contributed by atoms with van der Waals surface area (Å²) in [6.45, 7) is 3.22. The van der Waals surface area contributed by atoms with Gasteiger partial charge in [0.15, 0.2) is 5.75 Å². The fourth-order valence-corrected chi connectivity index (χ4v) is 3.43. The van der Waals surface area contributed by atoms with Crippen LogP contribution >= 0.6 is 11.6 Å². The average Bonchev–Trinajstić information content (AvgIpc) is 3.00. The van der Waals surface area contributed by atoms with E-state index in [1.807, 2.05) is 18.2 Å². The van der Waals surface area contributed by atoms with E-state index in [1.165, 1.54) is 0 Å². The van der Waals surface area contributed by atoms with Crippen molar-refractivity contribution in [3.05, 3.63) is 35.0 Å². The highest BCUT2D eigenvalue weighted by Gasteiger charge is 2.25. The summed E-state index contributed by atoms with van der Waals surface area (Å²) < 4.78 is 11.7. The quantitative estimate of drug-likeness (QED) is 0.853. The van der Waals surface area contributed by atoms with Crippen molar-refractivity contribution in [3.63, 3.8) is 0 Å². The highest BCUT2D eigenvalue weighted by atomic mass is 35.5. The summed E-state index contributed by atoms with van der Waals surface area (Å²) in [6.07, 6.45) is 4.42. The van der Waals surface area contributed by atoms with E-state index in [2.05, 4.69) is 9.88 Å². The van der Waals surface area contributed by atoms with E-state index in [4.69, 9.17) is 21.1 Å². The summed E-state index contributed by atoms with van der Waals surface area (Å²) in [5.74, 6) is 0.874. The molecule has 110 valence electrons. The predicted octanol–water partition coefficient (Wildman–Crippen LogP) is 3.22. The summed E-state index contributed by atoms with van der Waals surface area (Å²) >= 11 is 6.37. The number of fused-ring (bicyclic) bond motifs is 3. The normalized spacial score (nSPS) is 22.2. The summed E-state index contributed by atoms with van der Waals surface area (Å²) in [7, 11) is 0. The maximum atomic E-state index is 6.37. The van der Waals surface area contributed by atoms with Crippen molar-refractivity contribution in [3.8, 4) is 5.75 Å². The van der Waals surface area contributed by atoms with Crippen LogP contribution in [0.5, 0.6) is 5.75 Å². The van der Waals surface area contributed by atoms with Crippen LogP contribution in [0, 0.1) is 0 Å². The Morgan fingerprint density at radius 3 is 3.24 bits per heavy atom. The lowest BCUT2D eigenvalue weighted by Crippen LogP contribution is -2.37. The maximum Gasteiger partial charge on any atom is 0.152 e. The number of hydrogen-bond donors (Lipinski definition) is 0. The van der Waals surface area contributed by atoms with Crippen LogP contribution in [-0.4, -0.2) is 35.9 Å². The second-order valence-corrected chi connectivity index (χ2v) is 6.07. The third kappa shape index (κ3) is 2.48. The highest BCUT2D eigenvalue weighted by molar-refractivity contribution is 6.35. The Bertz CT molecular complexity index is 671. The standard InChI is InChI=1S/C16H17ClN2O2/c17-14-7-11-8-19(9-12-3-2-6-20-12)10-21-16(11)15-13(14)4-1-5-18-15/h1,4-5,7,12H,2-3,6,8-10H2/t12-/m1/s1. The molecule has 3 heterocycles. The molecule has 1 aromatic carbocycles. The lowest BCUT2D eigenvalue weighted by atomic mass is 10.1. The van der Waals surface area contributed by atoms with Crippen molar-refractivity contribution in [1.82, 2.24) is 9.88 Å². The van der Waals surface area contributed by atoms with Gasteiger partial charge in [0.1, 0.15) is 12.2 Å². The molecule has 0 aliphatic carbocycles. The minimum absolute atomic E-state index is 0.337. The second-order valence-electron chi connectivity index (χ2n) is 5.67. The number of halogens is 1. The fourth-order valence-electron chi connectivity index (χ4n) is 3.14. The molecule has 5 heteroatoms. The fraction of sp³-hybridized carbons (Fsp3) is 0.438. The van der Waals surface area contributed by atoms with Gasteiger partial charge in [0.25, 0.3) is 0 Å². The number of nitrogens with zero attached hydrogens (tertiary/aromatic N) is 2. The Balaban J connectivity index is 1.63. The van der Waals surface area contributed by atoms with E-state index < -0.39 is 0 Å². The molecule has 21 heavy (non-hydrogen) atoms. The maximum absolute atomic E-state index is 6.37. The second kappa shape index (κ2) is 5.44. The van der Waals surface area contributed by atoms with Gasteiger partial charge in [-0.05, 0) is 31.0 Å². The highest BCUT2D eigenvalue weighted by Crippen LogP contribution is 2.36. The third-order valence-electron chi connectivity index (χ3n) is 4.14. The van der Waals surface area contributed by atoms with E-state index in [0.717, 1.165) is 59.8 Å². The zero-order chi connectivity index (χ0) is 14.2. The van der Waals surface area contributed by atoms with Gasteiger partial charge in [0.2, 0.25) is 0 Å². The SMILES string of the molecule is Clc1cc2c(c3ncccc13)OCN(C[C@H]1CCCO1)C2. The van der Waals surface area contributed by atoms with Crippen molar-refractivity contribution < 1.29 is 9.47 Å². The van der Waals surface area contributed by atoms with Gasteiger partial charge in [-0.3, -0.25) is 9.88 Å². The van der Waals surface area contributed by atoms with Crippen LogP contribution in [0.2, 0.25) is 5.02 Å². The molecule has 1 aromatic heterocycles. The number of rotatable bonds is 2. The summed E-state index contributed by atoms with van der Waals surface area (Å²) in [5, 5.41) is 1.69. The molecule has 1 atom stereocenters. The van der Waals surface area contributed by atoms with Gasteiger partial charge in [0, 0.05) is 36.8 Å². The minimum atomic E-state index is 0.337. The Hall–Kier alpha value is -1.36. The first-order valence-corrected chi connectivity index (χ1v) is 7.72. The average molecular weight is 305 g/mol. The van der Waals surface area contributed by atoms with Crippen LogP contribution in [0.15, 0.2) is 24.4 Å². The monoisotopic (exact) mass is 304 g/mol. The zero-order valence-corrected chi connectivity index (χ0v) is 12.5. The lowest BCUT2D eigenvalue weighted by molar-refractivity contribution is 0.0286. The molecule has 2 aliphatic heterocycles. The molecule has 0 radical (unpaired) electrons. The topological polar surface area (TPSA) is 34.6 Å². The summed E-state index contributed by atoms with van der Waals surface area (Å²) in [6, 6.07) is 5.88. The van der Waals surface area contributed by atoms with E-state index in [9.17, 15) is 0 Å². The zero-order valence-electron chi connectivity index (χ0n) is 11.7. The first kappa shape index (κ1) is 13.3. The van der Waals surface area contributed by atoms with Crippen LogP contribution in [0.4, 0.5) is 0 Å². The molecule has 4 rings (SSSR count). The molecule has 2 aliphatic rings. The van der Waals surface area contributed by atoms with E-state index in [-0.39, 0.29) is 0 Å². The third-order valence-corrected chi connectivity index (χ3v) is 4.46. The van der Waals surface area contributed by atoms with Crippen LogP contribution in [0.3, 0.4) is 0 Å².